The normalized spacial score (nSPS) is 11.0. The molecule has 0 unspecified atom stereocenters. The molecule has 0 aliphatic carbocycles. The first-order valence-electron chi connectivity index (χ1n) is 10.4. The van der Waals surface area contributed by atoms with E-state index in [-0.39, 0.29) is 0 Å². The Morgan fingerprint density at radius 1 is 0.970 bits per heavy atom. The fourth-order valence-electron chi connectivity index (χ4n) is 3.63. The molecule has 0 fully saturated rings. The minimum Gasteiger partial charge on any atom is -0.497 e. The second kappa shape index (κ2) is 8.80. The zero-order valence-electron chi connectivity index (χ0n) is 17.9. The highest BCUT2D eigenvalue weighted by Gasteiger charge is 2.19. The van der Waals surface area contributed by atoms with Crippen LogP contribution in [0.5, 0.6) is 5.75 Å². The fourth-order valence-corrected chi connectivity index (χ4v) is 3.75. The average Bonchev–Trinajstić information content (AvgIpc) is 3.19. The maximum Gasteiger partial charge on any atom is 0.225 e. The van der Waals surface area contributed by atoms with Crippen molar-refractivity contribution in [1.82, 2.24) is 19.7 Å². The van der Waals surface area contributed by atoms with Crippen LogP contribution in [0, 0.1) is 0 Å². The smallest absolute Gasteiger partial charge is 0.225 e. The van der Waals surface area contributed by atoms with Gasteiger partial charge < -0.3 is 15.8 Å². The third-order valence-corrected chi connectivity index (χ3v) is 5.53. The summed E-state index contributed by atoms with van der Waals surface area (Å²) in [4.78, 5) is 9.46. The Morgan fingerprint density at radius 2 is 1.76 bits per heavy atom. The quantitative estimate of drug-likeness (QED) is 0.358. The van der Waals surface area contributed by atoms with Gasteiger partial charge in [0.05, 0.1) is 23.9 Å². The Balaban J connectivity index is 1.65. The molecular weight excluding hydrogens is 436 g/mol. The van der Waals surface area contributed by atoms with Crippen molar-refractivity contribution in [2.45, 2.75) is 6.54 Å². The molecule has 0 atom stereocenters. The molecule has 164 valence electrons. The standard InChI is InChI=1S/C25H21ClN6O/c1-33-20-9-5-8-17(14-20)22-21-23(27)32(19-12-10-18(26)11-13-19)31-24(21)30-25(29-22)28-15-16-6-3-2-4-7-16/h2-14H,15,27H2,1H3,(H,28,30,31). The van der Waals surface area contributed by atoms with Gasteiger partial charge in [-0.05, 0) is 42.0 Å². The van der Waals surface area contributed by atoms with Gasteiger partial charge in [-0.3, -0.25) is 0 Å². The molecule has 3 N–H and O–H groups in total. The van der Waals surface area contributed by atoms with Crippen molar-refractivity contribution in [3.05, 3.63) is 89.4 Å². The first kappa shape index (κ1) is 20.8. The number of nitrogens with two attached hydrogens (primary N) is 1. The fraction of sp³-hybridized carbons (Fsp3) is 0.0800. The number of ether oxygens (including phenoxy) is 1. The molecular formula is C25H21ClN6O. The molecule has 0 bridgehead atoms. The van der Waals surface area contributed by atoms with Gasteiger partial charge in [-0.15, -0.1) is 5.10 Å². The molecule has 0 aliphatic rings. The molecule has 2 aromatic heterocycles. The molecule has 33 heavy (non-hydrogen) atoms. The van der Waals surface area contributed by atoms with Crippen molar-refractivity contribution < 1.29 is 4.74 Å². The molecule has 0 radical (unpaired) electrons. The van der Waals surface area contributed by atoms with E-state index in [0.717, 1.165) is 22.6 Å². The topological polar surface area (TPSA) is 90.9 Å². The van der Waals surface area contributed by atoms with Crippen molar-refractivity contribution in [1.29, 1.82) is 0 Å². The summed E-state index contributed by atoms with van der Waals surface area (Å²) in [5, 5.41) is 9.30. The molecule has 8 heteroatoms. The Bertz CT molecular complexity index is 1420. The largest absolute Gasteiger partial charge is 0.497 e. The van der Waals surface area contributed by atoms with Crippen molar-refractivity contribution in [2.75, 3.05) is 18.2 Å². The number of nitrogen functional groups attached to an aromatic ring is 1. The number of fused-ring (bicyclic) bond motifs is 1. The summed E-state index contributed by atoms with van der Waals surface area (Å²) in [6.45, 7) is 0.581. The van der Waals surface area contributed by atoms with Crippen molar-refractivity contribution in [3.63, 3.8) is 0 Å². The van der Waals surface area contributed by atoms with Crippen molar-refractivity contribution >= 4 is 34.4 Å². The lowest BCUT2D eigenvalue weighted by molar-refractivity contribution is 0.415. The Morgan fingerprint density at radius 3 is 2.52 bits per heavy atom. The van der Waals surface area contributed by atoms with Gasteiger partial charge in [-0.2, -0.15) is 4.98 Å². The van der Waals surface area contributed by atoms with Crippen LogP contribution < -0.4 is 15.8 Å². The van der Waals surface area contributed by atoms with Crippen LogP contribution in [-0.2, 0) is 6.54 Å². The molecule has 7 nitrogen and oxygen atoms in total. The predicted molar refractivity (Wildman–Crippen MR) is 132 cm³/mol. The minimum atomic E-state index is 0.444. The maximum absolute atomic E-state index is 6.57. The first-order chi connectivity index (χ1) is 16.1. The lowest BCUT2D eigenvalue weighted by Crippen LogP contribution is -2.05. The average molecular weight is 457 g/mol. The van der Waals surface area contributed by atoms with Crippen LogP contribution >= 0.6 is 11.6 Å². The third-order valence-electron chi connectivity index (χ3n) is 5.28. The minimum absolute atomic E-state index is 0.444. The molecule has 5 aromatic rings. The van der Waals surface area contributed by atoms with Gasteiger partial charge in [0, 0.05) is 17.1 Å². The molecule has 0 spiro atoms. The summed E-state index contributed by atoms with van der Waals surface area (Å²) < 4.78 is 7.07. The van der Waals surface area contributed by atoms with E-state index in [1.807, 2.05) is 66.7 Å². The van der Waals surface area contributed by atoms with Crippen LogP contribution in [0.2, 0.25) is 5.02 Å². The number of aromatic nitrogens is 4. The summed E-state index contributed by atoms with van der Waals surface area (Å²) in [5.41, 5.74) is 10.5. The summed E-state index contributed by atoms with van der Waals surface area (Å²) in [6.07, 6.45) is 0. The number of hydrogen-bond acceptors (Lipinski definition) is 6. The summed E-state index contributed by atoms with van der Waals surface area (Å²) in [7, 11) is 1.63. The van der Waals surface area contributed by atoms with Gasteiger partial charge in [0.2, 0.25) is 5.95 Å². The predicted octanol–water partition coefficient (Wildman–Crippen LogP) is 5.34. The number of halogens is 1. The summed E-state index contributed by atoms with van der Waals surface area (Å²) in [5.74, 6) is 1.63. The zero-order chi connectivity index (χ0) is 22.8. The molecule has 0 aliphatic heterocycles. The Labute approximate surface area is 195 Å². The number of rotatable bonds is 6. The first-order valence-corrected chi connectivity index (χ1v) is 10.7. The second-order valence-electron chi connectivity index (χ2n) is 7.44. The second-order valence-corrected chi connectivity index (χ2v) is 7.88. The number of methoxy groups -OCH3 is 1. The Hall–Kier alpha value is -4.10. The van der Waals surface area contributed by atoms with Crippen LogP contribution in [0.3, 0.4) is 0 Å². The van der Waals surface area contributed by atoms with Gasteiger partial charge >= 0.3 is 0 Å². The van der Waals surface area contributed by atoms with E-state index >= 15 is 0 Å². The van der Waals surface area contributed by atoms with Crippen molar-refractivity contribution in [3.8, 4) is 22.7 Å². The highest BCUT2D eigenvalue weighted by molar-refractivity contribution is 6.30. The van der Waals surface area contributed by atoms with Crippen molar-refractivity contribution in [2.24, 2.45) is 0 Å². The number of benzene rings is 3. The highest BCUT2D eigenvalue weighted by Crippen LogP contribution is 2.34. The van der Waals surface area contributed by atoms with E-state index in [9.17, 15) is 0 Å². The monoisotopic (exact) mass is 456 g/mol. The highest BCUT2D eigenvalue weighted by atomic mass is 35.5. The number of nitrogens with zero attached hydrogens (tertiary/aromatic N) is 4. The van der Waals surface area contributed by atoms with Gasteiger partial charge in [-0.1, -0.05) is 54.1 Å². The van der Waals surface area contributed by atoms with Crippen LogP contribution in [0.15, 0.2) is 78.9 Å². The summed E-state index contributed by atoms with van der Waals surface area (Å²) in [6, 6.07) is 25.1. The lowest BCUT2D eigenvalue weighted by Gasteiger charge is -2.10. The van der Waals surface area contributed by atoms with E-state index in [4.69, 9.17) is 27.1 Å². The van der Waals surface area contributed by atoms with Crippen LogP contribution in [-0.4, -0.2) is 26.9 Å². The van der Waals surface area contributed by atoms with E-state index in [1.54, 1.807) is 23.9 Å². The van der Waals surface area contributed by atoms with E-state index in [2.05, 4.69) is 15.4 Å². The zero-order valence-corrected chi connectivity index (χ0v) is 18.6. The van der Waals surface area contributed by atoms with E-state index in [0.29, 0.717) is 40.1 Å². The van der Waals surface area contributed by atoms with E-state index in [1.165, 1.54) is 0 Å². The van der Waals surface area contributed by atoms with Gasteiger partial charge in [0.15, 0.2) is 5.65 Å². The number of nitrogens with one attached hydrogen (secondary N) is 1. The molecule has 2 heterocycles. The number of hydrogen-bond donors (Lipinski definition) is 2. The molecule has 0 saturated carbocycles. The third kappa shape index (κ3) is 4.18. The van der Waals surface area contributed by atoms with Gasteiger partial charge in [-0.25, -0.2) is 9.67 Å². The molecule has 3 aromatic carbocycles. The lowest BCUT2D eigenvalue weighted by atomic mass is 10.1. The van der Waals surface area contributed by atoms with Crippen LogP contribution in [0.4, 0.5) is 11.8 Å². The molecule has 5 rings (SSSR count). The number of anilines is 2. The summed E-state index contributed by atoms with van der Waals surface area (Å²) >= 11 is 6.05. The van der Waals surface area contributed by atoms with Crippen LogP contribution in [0.25, 0.3) is 28.0 Å². The van der Waals surface area contributed by atoms with Crippen LogP contribution in [0.1, 0.15) is 5.56 Å². The maximum atomic E-state index is 6.57. The molecule has 0 saturated heterocycles. The van der Waals surface area contributed by atoms with Gasteiger partial charge in [0.1, 0.15) is 11.6 Å². The Kier molecular flexibility index (Phi) is 5.54. The SMILES string of the molecule is COc1cccc(-c2nc(NCc3ccccc3)nc3nn(-c4ccc(Cl)cc4)c(N)c23)c1. The van der Waals surface area contributed by atoms with Gasteiger partial charge in [0.25, 0.3) is 0 Å². The van der Waals surface area contributed by atoms with E-state index < -0.39 is 0 Å². The molecule has 0 amide bonds.